The fourth-order valence-corrected chi connectivity index (χ4v) is 3.52. The first-order valence-electron chi connectivity index (χ1n) is 5.89. The third-order valence-corrected chi connectivity index (χ3v) is 4.25. The Bertz CT molecular complexity index is 520. The highest BCUT2D eigenvalue weighted by molar-refractivity contribution is 7.89. The highest BCUT2D eigenvalue weighted by Gasteiger charge is 2.22. The van der Waals surface area contributed by atoms with Crippen LogP contribution in [0.1, 0.15) is 31.9 Å². The van der Waals surface area contributed by atoms with E-state index in [9.17, 15) is 8.42 Å². The van der Waals surface area contributed by atoms with Crippen molar-refractivity contribution in [3.8, 4) is 0 Å². The van der Waals surface area contributed by atoms with Gasteiger partial charge in [0, 0.05) is 12.2 Å². The van der Waals surface area contributed by atoms with Crippen LogP contribution in [0.3, 0.4) is 0 Å². The van der Waals surface area contributed by atoms with Gasteiger partial charge in [0.15, 0.2) is 0 Å². The van der Waals surface area contributed by atoms with Crippen molar-refractivity contribution in [3.05, 3.63) is 23.3 Å². The molecule has 0 unspecified atom stereocenters. The van der Waals surface area contributed by atoms with E-state index in [0.717, 1.165) is 0 Å². The summed E-state index contributed by atoms with van der Waals surface area (Å²) < 4.78 is 27.2. The van der Waals surface area contributed by atoms with Crippen LogP contribution in [-0.4, -0.2) is 15.0 Å². The molecule has 1 aromatic carbocycles. The molecule has 0 fully saturated rings. The highest BCUT2D eigenvalue weighted by atomic mass is 32.2. The van der Waals surface area contributed by atoms with Gasteiger partial charge < -0.3 is 5.73 Å². The van der Waals surface area contributed by atoms with Gasteiger partial charge in [-0.3, -0.25) is 0 Å². The van der Waals surface area contributed by atoms with Gasteiger partial charge >= 0.3 is 0 Å². The molecule has 102 valence electrons. The third kappa shape index (κ3) is 3.71. The van der Waals surface area contributed by atoms with Gasteiger partial charge in [0.2, 0.25) is 10.0 Å². The number of benzene rings is 1. The SMILES string of the molecule is Cc1cc(N)cc(C)c1S(=O)(=O)NCC(C)(C)C. The molecule has 5 heteroatoms. The Labute approximate surface area is 110 Å². The van der Waals surface area contributed by atoms with Crippen molar-refractivity contribution in [2.45, 2.75) is 39.5 Å². The van der Waals surface area contributed by atoms with Crippen LogP contribution in [0.2, 0.25) is 0 Å². The number of nitrogen functional groups attached to an aromatic ring is 1. The number of nitrogens with two attached hydrogens (primary N) is 1. The molecule has 0 amide bonds. The lowest BCUT2D eigenvalue weighted by Crippen LogP contribution is -2.33. The molecule has 0 bridgehead atoms. The molecule has 0 saturated carbocycles. The average Bonchev–Trinajstić information content (AvgIpc) is 2.11. The van der Waals surface area contributed by atoms with Crippen LogP contribution in [0.5, 0.6) is 0 Å². The zero-order chi connectivity index (χ0) is 14.1. The van der Waals surface area contributed by atoms with Gasteiger partial charge in [0.05, 0.1) is 4.90 Å². The molecule has 1 aromatic rings. The maximum absolute atomic E-state index is 12.3. The minimum atomic E-state index is -3.48. The molecule has 0 heterocycles. The summed E-state index contributed by atoms with van der Waals surface area (Å²) in [5.41, 5.74) is 7.54. The first kappa shape index (κ1) is 15.0. The molecule has 0 atom stereocenters. The van der Waals surface area contributed by atoms with E-state index in [1.54, 1.807) is 26.0 Å². The van der Waals surface area contributed by atoms with Gasteiger partial charge in [0.1, 0.15) is 0 Å². The van der Waals surface area contributed by atoms with Crippen molar-refractivity contribution < 1.29 is 8.42 Å². The largest absolute Gasteiger partial charge is 0.399 e. The molecule has 0 aromatic heterocycles. The summed E-state index contributed by atoms with van der Waals surface area (Å²) in [5.74, 6) is 0. The summed E-state index contributed by atoms with van der Waals surface area (Å²) in [6, 6.07) is 3.36. The lowest BCUT2D eigenvalue weighted by Gasteiger charge is -2.20. The predicted molar refractivity (Wildman–Crippen MR) is 75.0 cm³/mol. The summed E-state index contributed by atoms with van der Waals surface area (Å²) in [6.45, 7) is 9.87. The molecule has 0 aliphatic rings. The Balaban J connectivity index is 3.14. The maximum atomic E-state index is 12.3. The average molecular weight is 270 g/mol. The summed E-state index contributed by atoms with van der Waals surface area (Å²) >= 11 is 0. The van der Waals surface area contributed by atoms with E-state index in [1.165, 1.54) is 0 Å². The van der Waals surface area contributed by atoms with Crippen LogP contribution in [0.25, 0.3) is 0 Å². The van der Waals surface area contributed by atoms with Crippen LogP contribution in [0, 0.1) is 19.3 Å². The molecule has 0 saturated heterocycles. The van der Waals surface area contributed by atoms with Crippen molar-refractivity contribution in [2.75, 3.05) is 12.3 Å². The van der Waals surface area contributed by atoms with E-state index in [0.29, 0.717) is 28.3 Å². The second-order valence-electron chi connectivity index (χ2n) is 5.87. The predicted octanol–water partition coefficient (Wildman–Crippen LogP) is 2.21. The molecule has 0 spiro atoms. The molecule has 0 aliphatic heterocycles. The van der Waals surface area contributed by atoms with Gasteiger partial charge in [-0.05, 0) is 42.5 Å². The lowest BCUT2D eigenvalue weighted by molar-refractivity contribution is 0.407. The summed E-state index contributed by atoms with van der Waals surface area (Å²) in [5, 5.41) is 0. The molecule has 18 heavy (non-hydrogen) atoms. The Kier molecular flexibility index (Phi) is 4.08. The fraction of sp³-hybridized carbons (Fsp3) is 0.538. The highest BCUT2D eigenvalue weighted by Crippen LogP contribution is 2.23. The standard InChI is InChI=1S/C13H22N2O2S/c1-9-6-11(14)7-10(2)12(9)18(16,17)15-8-13(3,4)5/h6-7,15H,8,14H2,1-5H3. The van der Waals surface area contributed by atoms with E-state index in [1.807, 2.05) is 20.8 Å². The summed E-state index contributed by atoms with van der Waals surface area (Å²) in [6.07, 6.45) is 0. The van der Waals surface area contributed by atoms with E-state index in [2.05, 4.69) is 4.72 Å². The van der Waals surface area contributed by atoms with Crippen LogP contribution >= 0.6 is 0 Å². The molecule has 3 N–H and O–H groups in total. The smallest absolute Gasteiger partial charge is 0.241 e. The number of hydrogen-bond acceptors (Lipinski definition) is 3. The molecular formula is C13H22N2O2S. The van der Waals surface area contributed by atoms with Crippen molar-refractivity contribution in [1.29, 1.82) is 0 Å². The van der Waals surface area contributed by atoms with Gasteiger partial charge in [0.25, 0.3) is 0 Å². The molecular weight excluding hydrogens is 248 g/mol. The number of aryl methyl sites for hydroxylation is 2. The number of rotatable bonds is 3. The zero-order valence-electron chi connectivity index (χ0n) is 11.7. The van der Waals surface area contributed by atoms with Crippen LogP contribution < -0.4 is 10.5 Å². The molecule has 0 aliphatic carbocycles. The first-order chi connectivity index (χ1) is 8.03. The lowest BCUT2D eigenvalue weighted by atomic mass is 9.98. The Morgan fingerprint density at radius 3 is 2.00 bits per heavy atom. The van der Waals surface area contributed by atoms with Crippen LogP contribution in [0.4, 0.5) is 5.69 Å². The fourth-order valence-electron chi connectivity index (χ4n) is 1.79. The van der Waals surface area contributed by atoms with Crippen LogP contribution in [0.15, 0.2) is 17.0 Å². The van der Waals surface area contributed by atoms with Gasteiger partial charge in [-0.2, -0.15) is 0 Å². The zero-order valence-corrected chi connectivity index (χ0v) is 12.5. The Morgan fingerprint density at radius 1 is 1.17 bits per heavy atom. The van der Waals surface area contributed by atoms with Crippen molar-refractivity contribution in [3.63, 3.8) is 0 Å². The third-order valence-electron chi connectivity index (χ3n) is 2.54. The Morgan fingerprint density at radius 2 is 1.61 bits per heavy atom. The van der Waals surface area contributed by atoms with Crippen molar-refractivity contribution in [1.82, 2.24) is 4.72 Å². The first-order valence-corrected chi connectivity index (χ1v) is 7.38. The molecule has 0 radical (unpaired) electrons. The maximum Gasteiger partial charge on any atom is 0.241 e. The van der Waals surface area contributed by atoms with E-state index in [-0.39, 0.29) is 5.41 Å². The molecule has 1 rings (SSSR count). The van der Waals surface area contributed by atoms with Crippen molar-refractivity contribution in [2.24, 2.45) is 5.41 Å². The minimum Gasteiger partial charge on any atom is -0.399 e. The number of anilines is 1. The summed E-state index contributed by atoms with van der Waals surface area (Å²) in [4.78, 5) is 0.334. The normalized spacial score (nSPS) is 12.7. The number of hydrogen-bond donors (Lipinski definition) is 2. The second kappa shape index (κ2) is 4.90. The van der Waals surface area contributed by atoms with E-state index >= 15 is 0 Å². The topological polar surface area (TPSA) is 72.2 Å². The van der Waals surface area contributed by atoms with E-state index < -0.39 is 10.0 Å². The van der Waals surface area contributed by atoms with Gasteiger partial charge in [-0.1, -0.05) is 20.8 Å². The van der Waals surface area contributed by atoms with Gasteiger partial charge in [-0.25, -0.2) is 13.1 Å². The monoisotopic (exact) mass is 270 g/mol. The van der Waals surface area contributed by atoms with Crippen molar-refractivity contribution >= 4 is 15.7 Å². The summed E-state index contributed by atoms with van der Waals surface area (Å²) in [7, 11) is -3.48. The molecule has 4 nitrogen and oxygen atoms in total. The number of nitrogens with one attached hydrogen (secondary N) is 1. The Hall–Kier alpha value is -1.07. The van der Waals surface area contributed by atoms with Crippen LogP contribution in [-0.2, 0) is 10.0 Å². The minimum absolute atomic E-state index is 0.0946. The van der Waals surface area contributed by atoms with Gasteiger partial charge in [-0.15, -0.1) is 0 Å². The quantitative estimate of drug-likeness (QED) is 0.827. The van der Waals surface area contributed by atoms with E-state index in [4.69, 9.17) is 5.73 Å². The number of sulfonamides is 1. The second-order valence-corrected chi connectivity index (χ2v) is 7.57.